The van der Waals surface area contributed by atoms with Gasteiger partial charge in [0.1, 0.15) is 11.5 Å². The maximum Gasteiger partial charge on any atom is 0.261 e. The van der Waals surface area contributed by atoms with Gasteiger partial charge < -0.3 is 14.8 Å². The molecule has 2 aromatic carbocycles. The lowest BCUT2D eigenvalue weighted by molar-refractivity contribution is -0.122. The molecule has 0 aliphatic carbocycles. The van der Waals surface area contributed by atoms with Crippen molar-refractivity contribution in [1.82, 2.24) is 14.9 Å². The molecule has 0 spiro atoms. The van der Waals surface area contributed by atoms with Crippen LogP contribution in [-0.4, -0.2) is 29.7 Å². The van der Waals surface area contributed by atoms with Crippen LogP contribution >= 0.6 is 0 Å². The number of para-hydroxylation sites is 1. The van der Waals surface area contributed by atoms with Crippen LogP contribution in [0, 0.1) is 6.92 Å². The predicted molar refractivity (Wildman–Crippen MR) is 111 cm³/mol. The van der Waals surface area contributed by atoms with Crippen LogP contribution in [-0.2, 0) is 11.3 Å². The Morgan fingerprint density at radius 1 is 1.21 bits per heavy atom. The lowest BCUT2D eigenvalue weighted by Gasteiger charge is -2.18. The molecule has 1 N–H and O–H groups in total. The third kappa shape index (κ3) is 4.39. The second kappa shape index (κ2) is 8.77. The number of nitrogens with zero attached hydrogens (tertiary/aromatic N) is 2. The van der Waals surface area contributed by atoms with Crippen molar-refractivity contribution in [2.45, 2.75) is 32.9 Å². The van der Waals surface area contributed by atoms with Gasteiger partial charge in [0, 0.05) is 24.6 Å². The minimum atomic E-state index is -0.252. The number of hydrogen-bond donors (Lipinski definition) is 1. The van der Waals surface area contributed by atoms with Crippen LogP contribution < -0.4 is 20.3 Å². The van der Waals surface area contributed by atoms with Crippen molar-refractivity contribution in [1.29, 1.82) is 0 Å². The molecule has 0 aliphatic heterocycles. The topological polar surface area (TPSA) is 82.5 Å². The number of carbonyl (C=O) groups excluding carboxylic acids is 1. The number of fused-ring (bicyclic) bond motifs is 1. The van der Waals surface area contributed by atoms with E-state index in [2.05, 4.69) is 10.3 Å². The zero-order chi connectivity index (χ0) is 21.0. The highest BCUT2D eigenvalue weighted by atomic mass is 16.5. The average Bonchev–Trinajstić information content (AvgIpc) is 2.73. The number of ether oxygens (including phenoxy) is 2. The lowest BCUT2D eigenvalue weighted by Crippen LogP contribution is -2.29. The van der Waals surface area contributed by atoms with Crippen molar-refractivity contribution < 1.29 is 14.3 Å². The highest BCUT2D eigenvalue weighted by Gasteiger charge is 2.15. The molecule has 0 fully saturated rings. The van der Waals surface area contributed by atoms with Crippen LogP contribution in [0.2, 0.25) is 0 Å². The van der Waals surface area contributed by atoms with Crippen molar-refractivity contribution >= 4 is 16.8 Å². The molecule has 7 heteroatoms. The number of benzene rings is 2. The van der Waals surface area contributed by atoms with E-state index >= 15 is 0 Å². The summed E-state index contributed by atoms with van der Waals surface area (Å²) in [6.07, 6.45) is 1.67. The highest BCUT2D eigenvalue weighted by Crippen LogP contribution is 2.29. The van der Waals surface area contributed by atoms with E-state index in [0.29, 0.717) is 22.4 Å². The maximum atomic E-state index is 12.6. The Balaban J connectivity index is 1.68. The van der Waals surface area contributed by atoms with Gasteiger partial charge in [-0.15, -0.1) is 0 Å². The van der Waals surface area contributed by atoms with Gasteiger partial charge in [0.05, 0.1) is 37.5 Å². The molecule has 1 heterocycles. The monoisotopic (exact) mass is 395 g/mol. The Hall–Kier alpha value is -3.35. The highest BCUT2D eigenvalue weighted by molar-refractivity contribution is 5.80. The molecule has 0 saturated heterocycles. The van der Waals surface area contributed by atoms with E-state index in [1.807, 2.05) is 38.1 Å². The minimum absolute atomic E-state index is 0.142. The van der Waals surface area contributed by atoms with Gasteiger partial charge in [0.25, 0.3) is 5.56 Å². The van der Waals surface area contributed by atoms with E-state index < -0.39 is 0 Å². The van der Waals surface area contributed by atoms with E-state index in [-0.39, 0.29) is 30.5 Å². The second-order valence-corrected chi connectivity index (χ2v) is 6.86. The van der Waals surface area contributed by atoms with Crippen LogP contribution in [0.4, 0.5) is 0 Å². The van der Waals surface area contributed by atoms with Gasteiger partial charge in [-0.1, -0.05) is 12.1 Å². The Kier molecular flexibility index (Phi) is 6.16. The average molecular weight is 395 g/mol. The molecule has 1 amide bonds. The quantitative estimate of drug-likeness (QED) is 0.665. The predicted octanol–water partition coefficient (Wildman–Crippen LogP) is 2.99. The Labute approximate surface area is 169 Å². The molecular weight excluding hydrogens is 370 g/mol. The summed E-state index contributed by atoms with van der Waals surface area (Å²) in [7, 11) is 3.16. The fraction of sp³-hybridized carbons (Fsp3) is 0.318. The van der Waals surface area contributed by atoms with E-state index in [4.69, 9.17) is 9.47 Å². The van der Waals surface area contributed by atoms with Crippen molar-refractivity contribution in [3.63, 3.8) is 0 Å². The van der Waals surface area contributed by atoms with E-state index in [0.717, 1.165) is 11.1 Å². The van der Waals surface area contributed by atoms with Gasteiger partial charge in [-0.05, 0) is 37.6 Å². The first-order valence-corrected chi connectivity index (χ1v) is 9.40. The first kappa shape index (κ1) is 20.4. The van der Waals surface area contributed by atoms with Crippen molar-refractivity contribution in [2.75, 3.05) is 14.2 Å². The summed E-state index contributed by atoms with van der Waals surface area (Å²) in [5.41, 5.74) is 2.35. The molecule has 29 heavy (non-hydrogen) atoms. The van der Waals surface area contributed by atoms with Crippen LogP contribution in [0.3, 0.4) is 0 Å². The number of nitrogens with one attached hydrogen (secondary N) is 1. The number of amides is 1. The van der Waals surface area contributed by atoms with E-state index in [1.54, 1.807) is 26.4 Å². The molecular formula is C22H25N3O4. The summed E-state index contributed by atoms with van der Waals surface area (Å²) in [5, 5.41) is 3.51. The first-order chi connectivity index (χ1) is 13.9. The molecule has 1 aromatic heterocycles. The van der Waals surface area contributed by atoms with Gasteiger partial charge in [-0.25, -0.2) is 4.98 Å². The van der Waals surface area contributed by atoms with Gasteiger partial charge >= 0.3 is 0 Å². The van der Waals surface area contributed by atoms with Gasteiger partial charge in [0.2, 0.25) is 5.91 Å². The number of methoxy groups -OCH3 is 2. The fourth-order valence-corrected chi connectivity index (χ4v) is 3.29. The second-order valence-electron chi connectivity index (χ2n) is 6.86. The van der Waals surface area contributed by atoms with Crippen LogP contribution in [0.1, 0.15) is 30.5 Å². The number of rotatable bonds is 7. The zero-order valence-electron chi connectivity index (χ0n) is 17.1. The molecule has 0 bridgehead atoms. The first-order valence-electron chi connectivity index (χ1n) is 9.40. The number of aryl methyl sites for hydroxylation is 2. The Morgan fingerprint density at radius 2 is 2.00 bits per heavy atom. The number of hydrogen-bond acceptors (Lipinski definition) is 5. The minimum Gasteiger partial charge on any atom is -0.497 e. The molecule has 7 nitrogen and oxygen atoms in total. The largest absolute Gasteiger partial charge is 0.497 e. The van der Waals surface area contributed by atoms with Crippen LogP contribution in [0.25, 0.3) is 10.9 Å². The summed E-state index contributed by atoms with van der Waals surface area (Å²) >= 11 is 0. The molecule has 0 aliphatic rings. The summed E-state index contributed by atoms with van der Waals surface area (Å²) in [6, 6.07) is 10.7. The number of carbonyl (C=O) groups is 1. The maximum absolute atomic E-state index is 12.6. The summed E-state index contributed by atoms with van der Waals surface area (Å²) < 4.78 is 12.1. The molecule has 1 atom stereocenters. The smallest absolute Gasteiger partial charge is 0.261 e. The Bertz CT molecular complexity index is 1090. The van der Waals surface area contributed by atoms with E-state index in [9.17, 15) is 9.59 Å². The molecule has 1 unspecified atom stereocenters. The van der Waals surface area contributed by atoms with Crippen molar-refractivity contribution in [3.05, 3.63) is 64.2 Å². The van der Waals surface area contributed by atoms with Crippen LogP contribution in [0.5, 0.6) is 11.5 Å². The van der Waals surface area contributed by atoms with Gasteiger partial charge in [-0.2, -0.15) is 0 Å². The molecule has 0 radical (unpaired) electrons. The SMILES string of the molecule is COc1ccc(C(C)NC(=O)CCn2cnc3c(C)cccc3c2=O)c(OC)c1. The zero-order valence-corrected chi connectivity index (χ0v) is 17.1. The lowest BCUT2D eigenvalue weighted by atomic mass is 10.1. The Morgan fingerprint density at radius 3 is 2.72 bits per heavy atom. The summed E-state index contributed by atoms with van der Waals surface area (Å²) in [6.45, 7) is 4.06. The molecule has 0 saturated carbocycles. The summed E-state index contributed by atoms with van der Waals surface area (Å²) in [4.78, 5) is 29.5. The summed E-state index contributed by atoms with van der Waals surface area (Å²) in [5.74, 6) is 1.16. The third-order valence-corrected chi connectivity index (χ3v) is 4.92. The van der Waals surface area contributed by atoms with Crippen molar-refractivity contribution in [2.24, 2.45) is 0 Å². The van der Waals surface area contributed by atoms with Gasteiger partial charge in [-0.3, -0.25) is 14.2 Å². The number of aromatic nitrogens is 2. The van der Waals surface area contributed by atoms with Crippen LogP contribution in [0.15, 0.2) is 47.5 Å². The van der Waals surface area contributed by atoms with Gasteiger partial charge in [0.15, 0.2) is 0 Å². The van der Waals surface area contributed by atoms with E-state index in [1.165, 1.54) is 10.9 Å². The normalized spacial score (nSPS) is 11.9. The van der Waals surface area contributed by atoms with Crippen molar-refractivity contribution in [3.8, 4) is 11.5 Å². The molecule has 152 valence electrons. The third-order valence-electron chi connectivity index (χ3n) is 4.92. The fourth-order valence-electron chi connectivity index (χ4n) is 3.29. The molecule has 3 rings (SSSR count). The standard InChI is InChI=1S/C22H25N3O4/c1-14-6-5-7-18-21(14)23-13-25(22(18)27)11-10-20(26)24-15(2)17-9-8-16(28-3)12-19(17)29-4/h5-9,12-13,15H,10-11H2,1-4H3,(H,24,26). The molecule has 3 aromatic rings.